The Morgan fingerprint density at radius 3 is 2.53 bits per heavy atom. The fraction of sp³-hybridized carbons (Fsp3) is 0.214. The van der Waals surface area contributed by atoms with Crippen LogP contribution < -0.4 is 5.32 Å². The topological polar surface area (TPSA) is 29.1 Å². The summed E-state index contributed by atoms with van der Waals surface area (Å²) in [6, 6.07) is 11.3. The molecule has 0 fully saturated rings. The van der Waals surface area contributed by atoms with Gasteiger partial charge in [-0.1, -0.05) is 30.7 Å². The molecule has 0 radical (unpaired) electrons. The van der Waals surface area contributed by atoms with Gasteiger partial charge in [-0.2, -0.15) is 0 Å². The van der Waals surface area contributed by atoms with Gasteiger partial charge in [0.25, 0.3) is 5.91 Å². The van der Waals surface area contributed by atoms with E-state index in [1.54, 1.807) is 0 Å². The lowest BCUT2D eigenvalue weighted by molar-refractivity contribution is 0.0939. The van der Waals surface area contributed by atoms with E-state index in [0.29, 0.717) is 9.90 Å². The summed E-state index contributed by atoms with van der Waals surface area (Å²) in [5, 5.41) is 3.74. The molecule has 0 bridgehead atoms. The number of carbonyl (C=O) groups is 1. The van der Waals surface area contributed by atoms with Crippen molar-refractivity contribution in [2.24, 2.45) is 0 Å². The number of hydrogen-bond donors (Lipinski definition) is 1. The molecule has 1 N–H and O–H groups in total. The molecule has 5 heteroatoms. The van der Waals surface area contributed by atoms with E-state index in [4.69, 9.17) is 11.6 Å². The van der Waals surface area contributed by atoms with Gasteiger partial charge in [-0.3, -0.25) is 4.79 Å². The first-order valence-corrected chi connectivity index (χ1v) is 7.90. The smallest absolute Gasteiger partial charge is 0.261 e. The van der Waals surface area contributed by atoms with E-state index in [2.05, 4.69) is 21.2 Å². The van der Waals surface area contributed by atoms with Crippen LogP contribution in [0.3, 0.4) is 0 Å². The molecule has 0 saturated carbocycles. The molecule has 2 aromatic rings. The van der Waals surface area contributed by atoms with Crippen LogP contribution in [0.15, 0.2) is 40.2 Å². The summed E-state index contributed by atoms with van der Waals surface area (Å²) >= 11 is 10.7. The molecule has 0 spiro atoms. The Balaban J connectivity index is 2.11. The lowest BCUT2D eigenvalue weighted by Crippen LogP contribution is -2.27. The zero-order valence-corrected chi connectivity index (χ0v) is 13.5. The Morgan fingerprint density at radius 1 is 1.32 bits per heavy atom. The fourth-order valence-electron chi connectivity index (χ4n) is 1.78. The maximum atomic E-state index is 12.1. The van der Waals surface area contributed by atoms with Crippen molar-refractivity contribution in [1.82, 2.24) is 5.32 Å². The lowest BCUT2D eigenvalue weighted by Gasteiger charge is -2.17. The van der Waals surface area contributed by atoms with Gasteiger partial charge in [-0.05, 0) is 52.2 Å². The number of rotatable bonds is 4. The quantitative estimate of drug-likeness (QED) is 0.814. The van der Waals surface area contributed by atoms with Gasteiger partial charge >= 0.3 is 0 Å². The summed E-state index contributed by atoms with van der Waals surface area (Å²) in [5.41, 5.74) is 1.07. The molecule has 1 aromatic carbocycles. The van der Waals surface area contributed by atoms with Gasteiger partial charge in [0.05, 0.1) is 14.7 Å². The number of carbonyl (C=O) groups excluding carboxylic acids is 1. The third kappa shape index (κ3) is 3.81. The Bertz CT molecular complexity index is 567. The molecule has 1 aromatic heterocycles. The largest absolute Gasteiger partial charge is 0.345 e. The molecule has 2 rings (SSSR count). The van der Waals surface area contributed by atoms with Crippen LogP contribution in [0.4, 0.5) is 0 Å². The highest BCUT2D eigenvalue weighted by Crippen LogP contribution is 2.24. The van der Waals surface area contributed by atoms with E-state index in [9.17, 15) is 4.79 Å². The molecule has 1 atom stereocenters. The number of amides is 1. The molecule has 2 nitrogen and oxygen atoms in total. The van der Waals surface area contributed by atoms with Crippen LogP contribution >= 0.6 is 38.9 Å². The molecule has 0 aliphatic rings. The van der Waals surface area contributed by atoms with Gasteiger partial charge < -0.3 is 5.32 Å². The molecule has 0 saturated heterocycles. The van der Waals surface area contributed by atoms with Gasteiger partial charge in [0.15, 0.2) is 0 Å². The summed E-state index contributed by atoms with van der Waals surface area (Å²) in [4.78, 5) is 12.8. The standard InChI is InChI=1S/C14H13BrClNOS/c1-2-11(9-3-5-10(16)6-4-9)17-14(18)12-7-8-13(15)19-12/h3-8,11H,2H2,1H3,(H,17,18). The van der Waals surface area contributed by atoms with E-state index in [0.717, 1.165) is 15.8 Å². The van der Waals surface area contributed by atoms with Crippen LogP contribution in [-0.2, 0) is 0 Å². The van der Waals surface area contributed by atoms with Crippen LogP contribution in [0.5, 0.6) is 0 Å². The zero-order chi connectivity index (χ0) is 13.8. The summed E-state index contributed by atoms with van der Waals surface area (Å²) < 4.78 is 0.956. The average molecular weight is 359 g/mol. The Morgan fingerprint density at radius 2 is 2.00 bits per heavy atom. The third-order valence-corrected chi connectivity index (χ3v) is 4.66. The number of nitrogens with one attached hydrogen (secondary N) is 1. The molecule has 1 amide bonds. The van der Waals surface area contributed by atoms with Crippen LogP contribution in [0.1, 0.15) is 34.6 Å². The molecular weight excluding hydrogens is 346 g/mol. The predicted molar refractivity (Wildman–Crippen MR) is 84.0 cm³/mol. The summed E-state index contributed by atoms with van der Waals surface area (Å²) in [6.45, 7) is 2.05. The highest BCUT2D eigenvalue weighted by Gasteiger charge is 2.15. The fourth-order valence-corrected chi connectivity index (χ4v) is 3.20. The molecule has 100 valence electrons. The van der Waals surface area contributed by atoms with Crippen molar-refractivity contribution in [2.45, 2.75) is 19.4 Å². The second kappa shape index (κ2) is 6.55. The monoisotopic (exact) mass is 357 g/mol. The van der Waals surface area contributed by atoms with Crippen molar-refractivity contribution in [3.63, 3.8) is 0 Å². The summed E-state index contributed by atoms with van der Waals surface area (Å²) in [5.74, 6) is -0.0440. The highest BCUT2D eigenvalue weighted by atomic mass is 79.9. The van der Waals surface area contributed by atoms with Crippen molar-refractivity contribution in [3.8, 4) is 0 Å². The molecule has 1 unspecified atom stereocenters. The molecule has 0 aliphatic carbocycles. The van der Waals surface area contributed by atoms with Gasteiger partial charge in [0, 0.05) is 5.02 Å². The van der Waals surface area contributed by atoms with E-state index in [1.807, 2.05) is 43.3 Å². The maximum absolute atomic E-state index is 12.1. The minimum Gasteiger partial charge on any atom is -0.345 e. The zero-order valence-electron chi connectivity index (χ0n) is 10.3. The van der Waals surface area contributed by atoms with Crippen LogP contribution in [0.2, 0.25) is 5.02 Å². The minimum absolute atomic E-state index is 0.00522. The van der Waals surface area contributed by atoms with Gasteiger partial charge in [-0.15, -0.1) is 11.3 Å². The summed E-state index contributed by atoms with van der Waals surface area (Å²) in [6.07, 6.45) is 0.833. The van der Waals surface area contributed by atoms with Crippen LogP contribution in [-0.4, -0.2) is 5.91 Å². The number of hydrogen-bond acceptors (Lipinski definition) is 2. The number of benzene rings is 1. The second-order valence-electron chi connectivity index (χ2n) is 4.09. The van der Waals surface area contributed by atoms with Gasteiger partial charge in [0.1, 0.15) is 0 Å². The minimum atomic E-state index is -0.0440. The van der Waals surface area contributed by atoms with Crippen molar-refractivity contribution >= 4 is 44.8 Å². The maximum Gasteiger partial charge on any atom is 0.261 e. The normalized spacial score (nSPS) is 12.2. The van der Waals surface area contributed by atoms with Crippen molar-refractivity contribution < 1.29 is 4.79 Å². The first kappa shape index (κ1) is 14.6. The Hall–Kier alpha value is -0.840. The Labute approximate surface area is 129 Å². The van der Waals surface area contributed by atoms with Crippen molar-refractivity contribution in [1.29, 1.82) is 0 Å². The van der Waals surface area contributed by atoms with E-state index >= 15 is 0 Å². The van der Waals surface area contributed by atoms with Crippen molar-refractivity contribution in [3.05, 3.63) is 55.6 Å². The molecular formula is C14H13BrClNOS. The summed E-state index contributed by atoms with van der Waals surface area (Å²) in [7, 11) is 0. The van der Waals surface area contributed by atoms with E-state index < -0.39 is 0 Å². The second-order valence-corrected chi connectivity index (χ2v) is 6.99. The predicted octanol–water partition coefficient (Wildman–Crippen LogP) is 5.05. The lowest BCUT2D eigenvalue weighted by atomic mass is 10.0. The van der Waals surface area contributed by atoms with Gasteiger partial charge in [0.2, 0.25) is 0 Å². The van der Waals surface area contributed by atoms with Crippen molar-refractivity contribution in [2.75, 3.05) is 0 Å². The average Bonchev–Trinajstić information content (AvgIpc) is 2.84. The first-order chi connectivity index (χ1) is 9.10. The van der Waals surface area contributed by atoms with E-state index in [-0.39, 0.29) is 11.9 Å². The Kier molecular flexibility index (Phi) is 5.02. The SMILES string of the molecule is CCC(NC(=O)c1ccc(Br)s1)c1ccc(Cl)cc1. The molecule has 19 heavy (non-hydrogen) atoms. The third-order valence-electron chi connectivity index (χ3n) is 2.78. The van der Waals surface area contributed by atoms with Crippen LogP contribution in [0, 0.1) is 0 Å². The van der Waals surface area contributed by atoms with Crippen LogP contribution in [0.25, 0.3) is 0 Å². The van der Waals surface area contributed by atoms with E-state index in [1.165, 1.54) is 11.3 Å². The number of thiophene rings is 1. The molecule has 1 heterocycles. The molecule has 0 aliphatic heterocycles. The highest BCUT2D eigenvalue weighted by molar-refractivity contribution is 9.11. The first-order valence-electron chi connectivity index (χ1n) is 5.92. The van der Waals surface area contributed by atoms with Gasteiger partial charge in [-0.25, -0.2) is 0 Å². The number of halogens is 2.